The molecule has 5 nitrogen and oxygen atoms in total. The third kappa shape index (κ3) is 8.21. The fourth-order valence-corrected chi connectivity index (χ4v) is 2.34. The Morgan fingerprint density at radius 2 is 1.79 bits per heavy atom. The lowest BCUT2D eigenvalue weighted by atomic mass is 10.1. The van der Waals surface area contributed by atoms with E-state index < -0.39 is 10.0 Å². The van der Waals surface area contributed by atoms with Crippen LogP contribution in [0.3, 0.4) is 0 Å². The second-order valence-electron chi connectivity index (χ2n) is 5.45. The van der Waals surface area contributed by atoms with Gasteiger partial charge in [-0.15, -0.1) is 0 Å². The molecule has 6 heteroatoms. The normalized spacial score (nSPS) is 12.2. The third-order valence-corrected chi connectivity index (χ3v) is 4.26. The van der Waals surface area contributed by atoms with Crippen LogP contribution in [0.4, 0.5) is 0 Å². The highest BCUT2D eigenvalue weighted by molar-refractivity contribution is 7.88. The summed E-state index contributed by atoms with van der Waals surface area (Å²) in [4.78, 5) is 13.6. The Balaban J connectivity index is 4.51. The zero-order valence-electron chi connectivity index (χ0n) is 12.8. The van der Waals surface area contributed by atoms with Crippen LogP contribution in [0.2, 0.25) is 0 Å². The van der Waals surface area contributed by atoms with Crippen molar-refractivity contribution >= 4 is 15.9 Å². The van der Waals surface area contributed by atoms with E-state index in [0.29, 0.717) is 19.0 Å². The molecule has 114 valence electrons. The summed E-state index contributed by atoms with van der Waals surface area (Å²) in [6, 6.07) is 0. The first-order valence-corrected chi connectivity index (χ1v) is 8.72. The van der Waals surface area contributed by atoms with Crippen LogP contribution in [0.15, 0.2) is 0 Å². The molecule has 0 N–H and O–H groups in total. The smallest absolute Gasteiger partial charge is 0.237 e. The van der Waals surface area contributed by atoms with Crippen LogP contribution in [0.25, 0.3) is 0 Å². The van der Waals surface area contributed by atoms with Crippen molar-refractivity contribution in [1.29, 1.82) is 0 Å². The number of sulfonamides is 1. The van der Waals surface area contributed by atoms with Gasteiger partial charge in [-0.2, -0.15) is 4.31 Å². The zero-order chi connectivity index (χ0) is 15.1. The molecule has 0 aliphatic heterocycles. The van der Waals surface area contributed by atoms with Gasteiger partial charge in [0.15, 0.2) is 0 Å². The number of hydrogen-bond donors (Lipinski definition) is 0. The maximum Gasteiger partial charge on any atom is 0.237 e. The largest absolute Gasteiger partial charge is 0.345 e. The van der Waals surface area contributed by atoms with E-state index in [1.807, 2.05) is 13.8 Å². The number of hydrogen-bond acceptors (Lipinski definition) is 3. The first kappa shape index (κ1) is 18.4. The molecule has 0 bridgehead atoms. The molecule has 0 rings (SSSR count). The van der Waals surface area contributed by atoms with E-state index >= 15 is 0 Å². The lowest BCUT2D eigenvalue weighted by molar-refractivity contribution is -0.130. The summed E-state index contributed by atoms with van der Waals surface area (Å²) in [6.45, 7) is 7.17. The van der Waals surface area contributed by atoms with Gasteiger partial charge in [0.25, 0.3) is 0 Å². The minimum absolute atomic E-state index is 0.0498. The summed E-state index contributed by atoms with van der Waals surface area (Å²) >= 11 is 0. The Bertz CT molecular complexity index is 366. The average Bonchev–Trinajstić information content (AvgIpc) is 2.29. The topological polar surface area (TPSA) is 57.7 Å². The summed E-state index contributed by atoms with van der Waals surface area (Å²) in [5.74, 6) is 0.278. The molecule has 0 aromatic carbocycles. The van der Waals surface area contributed by atoms with E-state index in [2.05, 4.69) is 6.92 Å². The quantitative estimate of drug-likeness (QED) is 0.648. The number of nitrogens with zero attached hydrogens (tertiary/aromatic N) is 2. The molecule has 0 saturated heterocycles. The Hall–Kier alpha value is -0.620. The van der Waals surface area contributed by atoms with E-state index in [-0.39, 0.29) is 12.5 Å². The van der Waals surface area contributed by atoms with Gasteiger partial charge in [-0.1, -0.05) is 27.2 Å². The van der Waals surface area contributed by atoms with Crippen molar-refractivity contribution in [2.24, 2.45) is 5.92 Å². The second-order valence-corrected chi connectivity index (χ2v) is 7.43. The van der Waals surface area contributed by atoms with Gasteiger partial charge in [-0.3, -0.25) is 4.79 Å². The lowest BCUT2D eigenvalue weighted by Crippen LogP contribution is -2.42. The van der Waals surface area contributed by atoms with Gasteiger partial charge >= 0.3 is 0 Å². The van der Waals surface area contributed by atoms with Crippen molar-refractivity contribution in [2.45, 2.75) is 40.0 Å². The van der Waals surface area contributed by atoms with Crippen molar-refractivity contribution in [2.75, 3.05) is 32.9 Å². The maximum atomic E-state index is 12.0. The van der Waals surface area contributed by atoms with E-state index in [1.54, 1.807) is 11.9 Å². The number of carbonyl (C=O) groups excluding carboxylic acids is 1. The highest BCUT2D eigenvalue weighted by Crippen LogP contribution is 2.06. The van der Waals surface area contributed by atoms with E-state index in [9.17, 15) is 13.2 Å². The van der Waals surface area contributed by atoms with Crippen molar-refractivity contribution in [3.63, 3.8) is 0 Å². The molecule has 0 heterocycles. The van der Waals surface area contributed by atoms with Gasteiger partial charge in [-0.25, -0.2) is 8.42 Å². The molecular formula is C13H28N2O3S. The predicted molar refractivity (Wildman–Crippen MR) is 78.4 cm³/mol. The molecule has 0 aromatic rings. The van der Waals surface area contributed by atoms with Gasteiger partial charge in [0.2, 0.25) is 15.9 Å². The van der Waals surface area contributed by atoms with Crippen LogP contribution in [0.1, 0.15) is 40.0 Å². The summed E-state index contributed by atoms with van der Waals surface area (Å²) in [5.41, 5.74) is 0. The highest BCUT2D eigenvalue weighted by Gasteiger charge is 2.21. The standard InChI is InChI=1S/C13H28N2O3S/c1-6-7-9-14(4)13(16)11-15(19(5,17)18)10-8-12(2)3/h12H,6-11H2,1-5H3. The number of carbonyl (C=O) groups is 1. The Morgan fingerprint density at radius 3 is 2.21 bits per heavy atom. The Labute approximate surface area is 118 Å². The van der Waals surface area contributed by atoms with Gasteiger partial charge in [0, 0.05) is 20.1 Å². The number of rotatable bonds is 9. The summed E-state index contributed by atoms with van der Waals surface area (Å²) in [5, 5.41) is 0. The van der Waals surface area contributed by atoms with Crippen molar-refractivity contribution in [3.05, 3.63) is 0 Å². The molecule has 19 heavy (non-hydrogen) atoms. The van der Waals surface area contributed by atoms with Crippen LogP contribution in [-0.4, -0.2) is 56.5 Å². The van der Waals surface area contributed by atoms with Crippen molar-refractivity contribution < 1.29 is 13.2 Å². The number of unbranched alkanes of at least 4 members (excludes halogenated alkanes) is 1. The molecule has 0 atom stereocenters. The molecule has 0 unspecified atom stereocenters. The third-order valence-electron chi connectivity index (χ3n) is 3.01. The van der Waals surface area contributed by atoms with Crippen LogP contribution in [-0.2, 0) is 14.8 Å². The van der Waals surface area contributed by atoms with Gasteiger partial charge in [0.05, 0.1) is 12.8 Å². The highest BCUT2D eigenvalue weighted by atomic mass is 32.2. The maximum absolute atomic E-state index is 12.0. The SMILES string of the molecule is CCCCN(C)C(=O)CN(CCC(C)C)S(C)(=O)=O. The molecule has 1 amide bonds. The van der Waals surface area contributed by atoms with E-state index in [4.69, 9.17) is 0 Å². The second kappa shape index (κ2) is 8.53. The van der Waals surface area contributed by atoms with Gasteiger partial charge < -0.3 is 4.90 Å². The average molecular weight is 292 g/mol. The predicted octanol–water partition coefficient (Wildman–Crippen LogP) is 1.55. The van der Waals surface area contributed by atoms with Gasteiger partial charge in [-0.05, 0) is 18.8 Å². The van der Waals surface area contributed by atoms with E-state index in [0.717, 1.165) is 25.5 Å². The summed E-state index contributed by atoms with van der Waals surface area (Å²) in [7, 11) is -1.60. The molecular weight excluding hydrogens is 264 g/mol. The first-order valence-electron chi connectivity index (χ1n) is 6.87. The number of amides is 1. The van der Waals surface area contributed by atoms with Crippen molar-refractivity contribution in [1.82, 2.24) is 9.21 Å². The summed E-state index contributed by atoms with van der Waals surface area (Å²) in [6.07, 6.45) is 3.87. The monoisotopic (exact) mass is 292 g/mol. The lowest BCUT2D eigenvalue weighted by Gasteiger charge is -2.24. The minimum Gasteiger partial charge on any atom is -0.345 e. The molecule has 0 aliphatic carbocycles. The minimum atomic E-state index is -3.32. The summed E-state index contributed by atoms with van der Waals surface area (Å²) < 4.78 is 24.6. The van der Waals surface area contributed by atoms with Crippen LogP contribution < -0.4 is 0 Å². The zero-order valence-corrected chi connectivity index (χ0v) is 13.7. The first-order chi connectivity index (χ1) is 8.68. The molecule has 0 aromatic heterocycles. The molecule has 0 spiro atoms. The van der Waals surface area contributed by atoms with Crippen LogP contribution in [0, 0.1) is 5.92 Å². The van der Waals surface area contributed by atoms with Crippen LogP contribution >= 0.6 is 0 Å². The van der Waals surface area contributed by atoms with Gasteiger partial charge in [0.1, 0.15) is 0 Å². The van der Waals surface area contributed by atoms with E-state index in [1.165, 1.54) is 4.31 Å². The van der Waals surface area contributed by atoms with Crippen molar-refractivity contribution in [3.8, 4) is 0 Å². The molecule has 0 fully saturated rings. The number of likely N-dealkylation sites (N-methyl/N-ethyl adjacent to an activating group) is 1. The Morgan fingerprint density at radius 1 is 1.21 bits per heavy atom. The fourth-order valence-electron chi connectivity index (χ4n) is 1.56. The molecule has 0 aliphatic rings. The molecule has 0 radical (unpaired) electrons. The Kier molecular flexibility index (Phi) is 8.25. The van der Waals surface area contributed by atoms with Crippen LogP contribution in [0.5, 0.6) is 0 Å². The molecule has 0 saturated carbocycles. The fraction of sp³-hybridized carbons (Fsp3) is 0.923.